The molecule has 1 aliphatic rings. The highest BCUT2D eigenvalue weighted by molar-refractivity contribution is 5.81. The molecule has 1 N–H and O–H groups in total. The standard InChI is InChI=1S/C15H21N3O/c1-11-9-12(7-8-19-11)16-10-14-13-5-3-4-6-15(13)18(2)17-14/h3-6,11-12,16H,7-10H2,1-2H3. The van der Waals surface area contributed by atoms with Crippen LogP contribution in [0.15, 0.2) is 24.3 Å². The van der Waals surface area contributed by atoms with Gasteiger partial charge in [-0.05, 0) is 25.8 Å². The van der Waals surface area contributed by atoms with Crippen LogP contribution in [-0.4, -0.2) is 28.5 Å². The number of aryl methyl sites for hydroxylation is 1. The maximum atomic E-state index is 5.57. The topological polar surface area (TPSA) is 39.1 Å². The predicted molar refractivity (Wildman–Crippen MR) is 76.0 cm³/mol. The molecule has 2 unspecified atom stereocenters. The number of ether oxygens (including phenoxy) is 1. The van der Waals surface area contributed by atoms with Crippen molar-refractivity contribution in [3.63, 3.8) is 0 Å². The summed E-state index contributed by atoms with van der Waals surface area (Å²) in [5.41, 5.74) is 2.33. The molecule has 0 aliphatic carbocycles. The number of rotatable bonds is 3. The molecule has 1 aromatic carbocycles. The van der Waals surface area contributed by atoms with Crippen LogP contribution in [0.3, 0.4) is 0 Å². The zero-order chi connectivity index (χ0) is 13.2. The zero-order valence-corrected chi connectivity index (χ0v) is 11.6. The van der Waals surface area contributed by atoms with Crippen molar-refractivity contribution in [1.29, 1.82) is 0 Å². The second-order valence-electron chi connectivity index (χ2n) is 5.37. The number of benzene rings is 1. The van der Waals surface area contributed by atoms with Crippen molar-refractivity contribution < 1.29 is 4.74 Å². The smallest absolute Gasteiger partial charge is 0.0841 e. The van der Waals surface area contributed by atoms with Crippen LogP contribution in [0, 0.1) is 0 Å². The Hall–Kier alpha value is -1.39. The van der Waals surface area contributed by atoms with E-state index in [2.05, 4.69) is 41.6 Å². The molecule has 4 heteroatoms. The Bertz CT molecular complexity index is 564. The van der Waals surface area contributed by atoms with E-state index >= 15 is 0 Å². The molecule has 19 heavy (non-hydrogen) atoms. The Balaban J connectivity index is 1.71. The number of nitrogens with one attached hydrogen (secondary N) is 1. The van der Waals surface area contributed by atoms with Gasteiger partial charge in [-0.25, -0.2) is 0 Å². The Kier molecular flexibility index (Phi) is 3.53. The van der Waals surface area contributed by atoms with Gasteiger partial charge >= 0.3 is 0 Å². The molecule has 102 valence electrons. The van der Waals surface area contributed by atoms with E-state index in [-0.39, 0.29) is 0 Å². The SMILES string of the molecule is CC1CC(NCc2nn(C)c3ccccc23)CCO1. The first-order valence-electron chi connectivity index (χ1n) is 6.99. The van der Waals surface area contributed by atoms with Gasteiger partial charge in [0.25, 0.3) is 0 Å². The Morgan fingerprint density at radius 1 is 1.42 bits per heavy atom. The summed E-state index contributed by atoms with van der Waals surface area (Å²) < 4.78 is 7.53. The summed E-state index contributed by atoms with van der Waals surface area (Å²) in [5.74, 6) is 0. The van der Waals surface area contributed by atoms with Gasteiger partial charge in [0.1, 0.15) is 0 Å². The van der Waals surface area contributed by atoms with E-state index in [9.17, 15) is 0 Å². The van der Waals surface area contributed by atoms with E-state index in [1.54, 1.807) is 0 Å². The highest BCUT2D eigenvalue weighted by atomic mass is 16.5. The third-order valence-electron chi connectivity index (χ3n) is 3.88. The molecule has 3 rings (SSSR count). The van der Waals surface area contributed by atoms with Crippen molar-refractivity contribution in [3.8, 4) is 0 Å². The van der Waals surface area contributed by atoms with Gasteiger partial charge in [0.15, 0.2) is 0 Å². The normalized spacial score (nSPS) is 23.9. The molecule has 4 nitrogen and oxygen atoms in total. The summed E-state index contributed by atoms with van der Waals surface area (Å²) >= 11 is 0. The first-order valence-corrected chi connectivity index (χ1v) is 6.99. The van der Waals surface area contributed by atoms with Crippen LogP contribution < -0.4 is 5.32 Å². The fraction of sp³-hybridized carbons (Fsp3) is 0.533. The minimum absolute atomic E-state index is 0.367. The first-order chi connectivity index (χ1) is 9.24. The zero-order valence-electron chi connectivity index (χ0n) is 11.6. The number of nitrogens with zero attached hydrogens (tertiary/aromatic N) is 2. The van der Waals surface area contributed by atoms with Gasteiger partial charge in [-0.2, -0.15) is 5.10 Å². The summed E-state index contributed by atoms with van der Waals surface area (Å²) in [7, 11) is 2.00. The average molecular weight is 259 g/mol. The summed E-state index contributed by atoms with van der Waals surface area (Å²) in [5, 5.41) is 9.48. The summed E-state index contributed by atoms with van der Waals surface area (Å²) in [6.45, 7) is 3.84. The molecule has 0 radical (unpaired) electrons. The van der Waals surface area contributed by atoms with Crippen molar-refractivity contribution in [2.45, 2.75) is 38.5 Å². The van der Waals surface area contributed by atoms with Gasteiger partial charge in [0, 0.05) is 31.6 Å². The van der Waals surface area contributed by atoms with Crippen LogP contribution in [-0.2, 0) is 18.3 Å². The molecule has 2 aromatic rings. The number of hydrogen-bond donors (Lipinski definition) is 1. The van der Waals surface area contributed by atoms with E-state index < -0.39 is 0 Å². The second kappa shape index (κ2) is 5.31. The van der Waals surface area contributed by atoms with Gasteiger partial charge in [-0.3, -0.25) is 4.68 Å². The molecular formula is C15H21N3O. The average Bonchev–Trinajstić information content (AvgIpc) is 2.74. The first kappa shape index (κ1) is 12.6. The van der Waals surface area contributed by atoms with E-state index in [4.69, 9.17) is 4.74 Å². The van der Waals surface area contributed by atoms with E-state index in [1.165, 1.54) is 10.9 Å². The maximum Gasteiger partial charge on any atom is 0.0841 e. The Labute approximate surface area is 113 Å². The molecule has 1 aliphatic heterocycles. The summed E-state index contributed by atoms with van der Waals surface area (Å²) in [6.07, 6.45) is 2.55. The monoisotopic (exact) mass is 259 g/mol. The second-order valence-corrected chi connectivity index (χ2v) is 5.37. The number of fused-ring (bicyclic) bond motifs is 1. The molecule has 0 amide bonds. The molecule has 0 spiro atoms. The lowest BCUT2D eigenvalue weighted by atomic mass is 10.0. The molecule has 0 saturated carbocycles. The van der Waals surface area contributed by atoms with Crippen LogP contribution in [0.4, 0.5) is 0 Å². The van der Waals surface area contributed by atoms with Crippen LogP contribution in [0.2, 0.25) is 0 Å². The van der Waals surface area contributed by atoms with Crippen molar-refractivity contribution in [1.82, 2.24) is 15.1 Å². The molecule has 1 aromatic heterocycles. The summed E-state index contributed by atoms with van der Waals surface area (Å²) in [4.78, 5) is 0. The highest BCUT2D eigenvalue weighted by Gasteiger charge is 2.19. The van der Waals surface area contributed by atoms with Gasteiger partial charge in [0.05, 0.1) is 17.3 Å². The van der Waals surface area contributed by atoms with Gasteiger partial charge < -0.3 is 10.1 Å². The minimum atomic E-state index is 0.367. The largest absolute Gasteiger partial charge is 0.378 e. The van der Waals surface area contributed by atoms with Gasteiger partial charge in [0.2, 0.25) is 0 Å². The Morgan fingerprint density at radius 3 is 3.11 bits per heavy atom. The van der Waals surface area contributed by atoms with E-state index in [0.29, 0.717) is 12.1 Å². The third kappa shape index (κ3) is 2.65. The van der Waals surface area contributed by atoms with Crippen molar-refractivity contribution in [3.05, 3.63) is 30.0 Å². The van der Waals surface area contributed by atoms with Crippen molar-refractivity contribution >= 4 is 10.9 Å². The molecular weight excluding hydrogens is 238 g/mol. The number of para-hydroxylation sites is 1. The molecule has 0 bridgehead atoms. The van der Waals surface area contributed by atoms with Crippen molar-refractivity contribution in [2.24, 2.45) is 7.05 Å². The lowest BCUT2D eigenvalue weighted by Crippen LogP contribution is -2.37. The number of hydrogen-bond acceptors (Lipinski definition) is 3. The molecule has 2 atom stereocenters. The minimum Gasteiger partial charge on any atom is -0.378 e. The fourth-order valence-electron chi connectivity index (χ4n) is 2.84. The van der Waals surface area contributed by atoms with Crippen LogP contribution in [0.25, 0.3) is 10.9 Å². The number of aromatic nitrogens is 2. The van der Waals surface area contributed by atoms with Gasteiger partial charge in [-0.1, -0.05) is 18.2 Å². The van der Waals surface area contributed by atoms with Gasteiger partial charge in [-0.15, -0.1) is 0 Å². The lowest BCUT2D eigenvalue weighted by Gasteiger charge is -2.27. The lowest BCUT2D eigenvalue weighted by molar-refractivity contribution is 0.0130. The van der Waals surface area contributed by atoms with Crippen LogP contribution in [0.5, 0.6) is 0 Å². The Morgan fingerprint density at radius 2 is 2.26 bits per heavy atom. The predicted octanol–water partition coefficient (Wildman–Crippen LogP) is 2.23. The third-order valence-corrected chi connectivity index (χ3v) is 3.88. The summed E-state index contributed by atoms with van der Waals surface area (Å²) in [6, 6.07) is 8.93. The van der Waals surface area contributed by atoms with Crippen molar-refractivity contribution in [2.75, 3.05) is 6.61 Å². The fourth-order valence-corrected chi connectivity index (χ4v) is 2.84. The van der Waals surface area contributed by atoms with E-state index in [0.717, 1.165) is 31.7 Å². The molecule has 1 fully saturated rings. The van der Waals surface area contributed by atoms with Crippen LogP contribution in [0.1, 0.15) is 25.5 Å². The molecule has 1 saturated heterocycles. The maximum absolute atomic E-state index is 5.57. The molecule has 2 heterocycles. The van der Waals surface area contributed by atoms with Crippen LogP contribution >= 0.6 is 0 Å². The highest BCUT2D eigenvalue weighted by Crippen LogP contribution is 2.18. The van der Waals surface area contributed by atoms with E-state index in [1.807, 2.05) is 11.7 Å². The quantitative estimate of drug-likeness (QED) is 0.918.